The second-order valence-corrected chi connectivity index (χ2v) is 5.48. The summed E-state index contributed by atoms with van der Waals surface area (Å²) in [5, 5.41) is 2.89. The van der Waals surface area contributed by atoms with Crippen molar-refractivity contribution in [3.05, 3.63) is 35.4 Å². The zero-order chi connectivity index (χ0) is 15.8. The van der Waals surface area contributed by atoms with E-state index in [0.717, 1.165) is 12.0 Å². The summed E-state index contributed by atoms with van der Waals surface area (Å²) in [6, 6.07) is 8.25. The second-order valence-electron chi connectivity index (χ2n) is 5.48. The molecule has 4 nitrogen and oxygen atoms in total. The molecule has 1 atom stereocenters. The topological polar surface area (TPSA) is 49.4 Å². The van der Waals surface area contributed by atoms with Crippen molar-refractivity contribution in [3.63, 3.8) is 0 Å². The summed E-state index contributed by atoms with van der Waals surface area (Å²) < 4.78 is 0. The molecule has 4 heteroatoms. The van der Waals surface area contributed by atoms with Crippen LogP contribution in [-0.4, -0.2) is 29.3 Å². The quantitative estimate of drug-likeness (QED) is 0.839. The molecule has 0 saturated carbocycles. The SMILES string of the molecule is CCC(C)N(CCC(=O)NCc1ccc(C)cc1)C(C)=O. The Bertz CT molecular complexity index is 468. The third-order valence-electron chi connectivity index (χ3n) is 3.72. The number of benzene rings is 1. The average Bonchev–Trinajstić information content (AvgIpc) is 2.46. The lowest BCUT2D eigenvalue weighted by atomic mass is 10.1. The molecule has 1 aromatic carbocycles. The van der Waals surface area contributed by atoms with Crippen LogP contribution in [0.15, 0.2) is 24.3 Å². The highest BCUT2D eigenvalue weighted by molar-refractivity contribution is 5.78. The standard InChI is InChI=1S/C17H26N2O2/c1-5-14(3)19(15(4)20)11-10-17(21)18-12-16-8-6-13(2)7-9-16/h6-9,14H,5,10-12H2,1-4H3,(H,18,21). The van der Waals surface area contributed by atoms with Gasteiger partial charge in [-0.2, -0.15) is 0 Å². The Kier molecular flexibility index (Phi) is 6.92. The minimum Gasteiger partial charge on any atom is -0.352 e. The molecule has 1 unspecified atom stereocenters. The van der Waals surface area contributed by atoms with E-state index in [2.05, 4.69) is 5.32 Å². The molecule has 1 N–H and O–H groups in total. The lowest BCUT2D eigenvalue weighted by molar-refractivity contribution is -0.131. The normalized spacial score (nSPS) is 11.8. The van der Waals surface area contributed by atoms with Crippen LogP contribution in [0.25, 0.3) is 0 Å². The summed E-state index contributed by atoms with van der Waals surface area (Å²) in [5.74, 6) is 0.000752. The fourth-order valence-corrected chi connectivity index (χ4v) is 2.13. The van der Waals surface area contributed by atoms with Crippen molar-refractivity contribution in [2.75, 3.05) is 6.54 Å². The number of carbonyl (C=O) groups excluding carboxylic acids is 2. The molecular formula is C17H26N2O2. The molecule has 0 radical (unpaired) electrons. The third kappa shape index (κ3) is 5.98. The number of nitrogens with zero attached hydrogens (tertiary/aromatic N) is 1. The number of carbonyl (C=O) groups is 2. The van der Waals surface area contributed by atoms with E-state index in [4.69, 9.17) is 0 Å². The smallest absolute Gasteiger partial charge is 0.222 e. The summed E-state index contributed by atoms with van der Waals surface area (Å²) in [4.78, 5) is 25.2. The Balaban J connectivity index is 2.39. The molecule has 2 amide bonds. The molecule has 1 aromatic rings. The van der Waals surface area contributed by atoms with Crippen LogP contribution in [0.2, 0.25) is 0 Å². The summed E-state index contributed by atoms with van der Waals surface area (Å²) in [6.07, 6.45) is 1.24. The Morgan fingerprint density at radius 2 is 1.86 bits per heavy atom. The van der Waals surface area contributed by atoms with E-state index in [1.807, 2.05) is 45.0 Å². The van der Waals surface area contributed by atoms with E-state index in [9.17, 15) is 9.59 Å². The molecule has 0 fully saturated rings. The van der Waals surface area contributed by atoms with Crippen molar-refractivity contribution >= 4 is 11.8 Å². The van der Waals surface area contributed by atoms with E-state index < -0.39 is 0 Å². The fourth-order valence-electron chi connectivity index (χ4n) is 2.13. The van der Waals surface area contributed by atoms with E-state index >= 15 is 0 Å². The van der Waals surface area contributed by atoms with Crippen molar-refractivity contribution in [1.82, 2.24) is 10.2 Å². The second kappa shape index (κ2) is 8.45. The highest BCUT2D eigenvalue weighted by Gasteiger charge is 2.16. The summed E-state index contributed by atoms with van der Waals surface area (Å²) in [6.45, 7) is 8.64. The van der Waals surface area contributed by atoms with Crippen molar-refractivity contribution in [3.8, 4) is 0 Å². The molecule has 0 aliphatic carbocycles. The highest BCUT2D eigenvalue weighted by Crippen LogP contribution is 2.06. The minimum atomic E-state index is -0.0230. The van der Waals surface area contributed by atoms with Gasteiger partial charge < -0.3 is 10.2 Å². The van der Waals surface area contributed by atoms with Crippen molar-refractivity contribution < 1.29 is 9.59 Å². The number of aryl methyl sites for hydroxylation is 1. The molecule has 21 heavy (non-hydrogen) atoms. The molecule has 1 rings (SSSR count). The summed E-state index contributed by atoms with van der Waals surface area (Å²) in [5.41, 5.74) is 2.29. The average molecular weight is 290 g/mol. The fraction of sp³-hybridized carbons (Fsp3) is 0.529. The first-order chi connectivity index (χ1) is 9.93. The van der Waals surface area contributed by atoms with Gasteiger partial charge in [-0.05, 0) is 25.8 Å². The van der Waals surface area contributed by atoms with Gasteiger partial charge >= 0.3 is 0 Å². The van der Waals surface area contributed by atoms with Crippen LogP contribution in [0.3, 0.4) is 0 Å². The Morgan fingerprint density at radius 3 is 2.38 bits per heavy atom. The maximum atomic E-state index is 11.9. The van der Waals surface area contributed by atoms with Crippen LogP contribution in [-0.2, 0) is 16.1 Å². The first-order valence-corrected chi connectivity index (χ1v) is 7.53. The van der Waals surface area contributed by atoms with Crippen LogP contribution in [0.5, 0.6) is 0 Å². The van der Waals surface area contributed by atoms with Crippen LogP contribution in [0.1, 0.15) is 44.7 Å². The van der Waals surface area contributed by atoms with Crippen LogP contribution in [0, 0.1) is 6.92 Å². The van der Waals surface area contributed by atoms with Gasteiger partial charge in [0.25, 0.3) is 0 Å². The predicted molar refractivity (Wildman–Crippen MR) is 84.8 cm³/mol. The number of nitrogens with one attached hydrogen (secondary N) is 1. The molecule has 0 aliphatic heterocycles. The molecule has 0 bridgehead atoms. The Morgan fingerprint density at radius 1 is 1.24 bits per heavy atom. The first-order valence-electron chi connectivity index (χ1n) is 7.53. The molecule has 0 saturated heterocycles. The van der Waals surface area contributed by atoms with Crippen molar-refractivity contribution in [2.24, 2.45) is 0 Å². The van der Waals surface area contributed by atoms with Crippen LogP contribution < -0.4 is 5.32 Å². The lowest BCUT2D eigenvalue weighted by Crippen LogP contribution is -2.39. The zero-order valence-electron chi connectivity index (χ0n) is 13.5. The number of rotatable bonds is 7. The van der Waals surface area contributed by atoms with E-state index in [1.165, 1.54) is 5.56 Å². The maximum Gasteiger partial charge on any atom is 0.222 e. The molecule has 0 aliphatic rings. The van der Waals surface area contributed by atoms with Gasteiger partial charge in [-0.25, -0.2) is 0 Å². The van der Waals surface area contributed by atoms with Gasteiger partial charge in [0.05, 0.1) is 0 Å². The van der Waals surface area contributed by atoms with Crippen LogP contribution >= 0.6 is 0 Å². The molecular weight excluding hydrogens is 264 g/mol. The van der Waals surface area contributed by atoms with E-state index in [-0.39, 0.29) is 17.9 Å². The first kappa shape index (κ1) is 17.2. The third-order valence-corrected chi connectivity index (χ3v) is 3.72. The largest absolute Gasteiger partial charge is 0.352 e. The predicted octanol–water partition coefficient (Wildman–Crippen LogP) is 2.65. The zero-order valence-corrected chi connectivity index (χ0v) is 13.5. The van der Waals surface area contributed by atoms with E-state index in [0.29, 0.717) is 19.5 Å². The maximum absolute atomic E-state index is 11.9. The van der Waals surface area contributed by atoms with Gasteiger partial charge in [0.1, 0.15) is 0 Å². The highest BCUT2D eigenvalue weighted by atomic mass is 16.2. The Hall–Kier alpha value is -1.84. The van der Waals surface area contributed by atoms with Crippen LogP contribution in [0.4, 0.5) is 0 Å². The number of amides is 2. The van der Waals surface area contributed by atoms with Gasteiger partial charge in [0.2, 0.25) is 11.8 Å². The van der Waals surface area contributed by atoms with Gasteiger partial charge in [-0.1, -0.05) is 36.8 Å². The molecule has 0 aromatic heterocycles. The minimum absolute atomic E-state index is 0.0230. The number of hydrogen-bond acceptors (Lipinski definition) is 2. The Labute approximate surface area is 127 Å². The molecule has 0 heterocycles. The molecule has 0 spiro atoms. The van der Waals surface area contributed by atoms with Gasteiger partial charge in [-0.3, -0.25) is 9.59 Å². The van der Waals surface area contributed by atoms with E-state index in [1.54, 1.807) is 11.8 Å². The van der Waals surface area contributed by atoms with Gasteiger partial charge in [-0.15, -0.1) is 0 Å². The number of hydrogen-bond donors (Lipinski definition) is 1. The summed E-state index contributed by atoms with van der Waals surface area (Å²) >= 11 is 0. The van der Waals surface area contributed by atoms with Crippen molar-refractivity contribution in [1.29, 1.82) is 0 Å². The summed E-state index contributed by atoms with van der Waals surface area (Å²) in [7, 11) is 0. The molecule has 116 valence electrons. The van der Waals surface area contributed by atoms with Gasteiger partial charge in [0, 0.05) is 32.5 Å². The monoisotopic (exact) mass is 290 g/mol. The van der Waals surface area contributed by atoms with Crippen molar-refractivity contribution in [2.45, 2.75) is 53.1 Å². The van der Waals surface area contributed by atoms with Gasteiger partial charge in [0.15, 0.2) is 0 Å². The lowest BCUT2D eigenvalue weighted by Gasteiger charge is -2.27.